The maximum atomic E-state index is 4.51. The average molecular weight is 306 g/mol. The van der Waals surface area contributed by atoms with Crippen LogP contribution < -0.4 is 5.32 Å². The first-order valence-corrected chi connectivity index (χ1v) is 7.08. The van der Waals surface area contributed by atoms with Gasteiger partial charge in [0.25, 0.3) is 0 Å². The number of halogens is 1. The topological polar surface area (TPSA) is 40.7 Å². The van der Waals surface area contributed by atoms with Gasteiger partial charge in [0.05, 0.1) is 17.9 Å². The van der Waals surface area contributed by atoms with Crippen LogP contribution in [-0.2, 0) is 0 Å². The molecule has 1 aromatic carbocycles. The van der Waals surface area contributed by atoms with E-state index in [0.717, 1.165) is 22.5 Å². The first-order valence-electron chi connectivity index (χ1n) is 6.29. The standard InChI is InChI=1S/C14H16BrN3/c1-9-4-5-10(15)7-11(9)13-8-17-14(18-13)12-3-2-6-16-12/h4-5,7-8,12,16H,2-3,6H2,1H3,(H,17,18). The first kappa shape index (κ1) is 11.9. The van der Waals surface area contributed by atoms with E-state index in [9.17, 15) is 0 Å². The van der Waals surface area contributed by atoms with Crippen molar-refractivity contribution in [2.45, 2.75) is 25.8 Å². The second-order valence-corrected chi connectivity index (χ2v) is 5.71. The lowest BCUT2D eigenvalue weighted by Gasteiger charge is -2.06. The number of benzene rings is 1. The Hall–Kier alpha value is -1.13. The highest BCUT2D eigenvalue weighted by molar-refractivity contribution is 9.10. The van der Waals surface area contributed by atoms with Gasteiger partial charge in [-0.15, -0.1) is 0 Å². The molecule has 0 radical (unpaired) electrons. The Morgan fingerprint density at radius 1 is 1.39 bits per heavy atom. The van der Waals surface area contributed by atoms with E-state index in [-0.39, 0.29) is 0 Å². The number of nitrogens with one attached hydrogen (secondary N) is 2. The van der Waals surface area contributed by atoms with Gasteiger partial charge in [0, 0.05) is 10.0 Å². The van der Waals surface area contributed by atoms with Gasteiger partial charge in [0.15, 0.2) is 0 Å². The van der Waals surface area contributed by atoms with Crippen LogP contribution in [0.15, 0.2) is 28.9 Å². The summed E-state index contributed by atoms with van der Waals surface area (Å²) in [5.41, 5.74) is 3.56. The van der Waals surface area contributed by atoms with Crippen LogP contribution in [0.5, 0.6) is 0 Å². The van der Waals surface area contributed by atoms with Crippen molar-refractivity contribution in [2.24, 2.45) is 0 Å². The molecule has 1 fully saturated rings. The van der Waals surface area contributed by atoms with E-state index in [1.54, 1.807) is 0 Å². The molecule has 3 rings (SSSR count). The second-order valence-electron chi connectivity index (χ2n) is 4.79. The summed E-state index contributed by atoms with van der Waals surface area (Å²) < 4.78 is 1.10. The van der Waals surface area contributed by atoms with Crippen molar-refractivity contribution in [3.8, 4) is 11.3 Å². The number of aromatic amines is 1. The van der Waals surface area contributed by atoms with Crippen molar-refractivity contribution < 1.29 is 0 Å². The zero-order valence-corrected chi connectivity index (χ0v) is 11.9. The maximum Gasteiger partial charge on any atom is 0.123 e. The van der Waals surface area contributed by atoms with Gasteiger partial charge in [0.1, 0.15) is 5.82 Å². The molecule has 4 heteroatoms. The van der Waals surface area contributed by atoms with Crippen LogP contribution in [0.25, 0.3) is 11.3 Å². The molecule has 0 aliphatic carbocycles. The van der Waals surface area contributed by atoms with E-state index in [0.29, 0.717) is 6.04 Å². The van der Waals surface area contributed by atoms with Crippen LogP contribution in [0.1, 0.15) is 30.3 Å². The van der Waals surface area contributed by atoms with Crippen molar-refractivity contribution in [1.82, 2.24) is 15.3 Å². The lowest BCUT2D eigenvalue weighted by Crippen LogP contribution is -2.14. The molecular weight excluding hydrogens is 290 g/mol. The quantitative estimate of drug-likeness (QED) is 0.890. The Morgan fingerprint density at radius 2 is 2.28 bits per heavy atom. The number of nitrogens with zero attached hydrogens (tertiary/aromatic N) is 1. The molecular formula is C14H16BrN3. The summed E-state index contributed by atoms with van der Waals surface area (Å²) in [6.45, 7) is 3.21. The summed E-state index contributed by atoms with van der Waals surface area (Å²) in [5.74, 6) is 1.06. The zero-order chi connectivity index (χ0) is 12.5. The molecule has 2 heterocycles. The highest BCUT2D eigenvalue weighted by atomic mass is 79.9. The number of hydrogen-bond acceptors (Lipinski definition) is 2. The molecule has 1 aliphatic rings. The van der Waals surface area contributed by atoms with Gasteiger partial charge >= 0.3 is 0 Å². The van der Waals surface area contributed by atoms with Crippen LogP contribution in [0.3, 0.4) is 0 Å². The van der Waals surface area contributed by atoms with Crippen LogP contribution in [-0.4, -0.2) is 16.5 Å². The number of aryl methyl sites for hydroxylation is 1. The van der Waals surface area contributed by atoms with Crippen LogP contribution in [0.2, 0.25) is 0 Å². The minimum atomic E-state index is 0.395. The molecule has 1 atom stereocenters. The van der Waals surface area contributed by atoms with E-state index < -0.39 is 0 Å². The second kappa shape index (κ2) is 4.86. The summed E-state index contributed by atoms with van der Waals surface area (Å²) in [6.07, 6.45) is 4.34. The molecule has 2 N–H and O–H groups in total. The summed E-state index contributed by atoms with van der Waals surface area (Å²) in [7, 11) is 0. The van der Waals surface area contributed by atoms with E-state index in [2.05, 4.69) is 56.3 Å². The molecule has 1 aliphatic heterocycles. The number of imidazole rings is 1. The van der Waals surface area contributed by atoms with Gasteiger partial charge in [-0.2, -0.15) is 0 Å². The van der Waals surface area contributed by atoms with Crippen molar-refractivity contribution >= 4 is 15.9 Å². The molecule has 94 valence electrons. The van der Waals surface area contributed by atoms with Gasteiger partial charge in [-0.25, -0.2) is 4.98 Å². The number of rotatable bonds is 2. The highest BCUT2D eigenvalue weighted by Gasteiger charge is 2.19. The van der Waals surface area contributed by atoms with Gasteiger partial charge in [-0.05, 0) is 44.0 Å². The largest absolute Gasteiger partial charge is 0.341 e. The van der Waals surface area contributed by atoms with E-state index in [1.807, 2.05) is 6.20 Å². The molecule has 0 bridgehead atoms. The maximum absolute atomic E-state index is 4.51. The fourth-order valence-corrected chi connectivity index (χ4v) is 2.81. The van der Waals surface area contributed by atoms with Crippen molar-refractivity contribution in [1.29, 1.82) is 0 Å². The van der Waals surface area contributed by atoms with E-state index in [4.69, 9.17) is 0 Å². The van der Waals surface area contributed by atoms with Gasteiger partial charge in [-0.3, -0.25) is 0 Å². The Bertz CT molecular complexity index is 556. The summed E-state index contributed by atoms with van der Waals surface area (Å²) in [4.78, 5) is 7.96. The van der Waals surface area contributed by atoms with Crippen molar-refractivity contribution in [3.63, 3.8) is 0 Å². The molecule has 1 saturated heterocycles. The SMILES string of the molecule is Cc1ccc(Br)cc1-c1cnc(C2CCCN2)[nH]1. The fraction of sp³-hybridized carbons (Fsp3) is 0.357. The zero-order valence-electron chi connectivity index (χ0n) is 10.3. The van der Waals surface area contributed by atoms with Gasteiger partial charge in [-0.1, -0.05) is 22.0 Å². The molecule has 18 heavy (non-hydrogen) atoms. The summed E-state index contributed by atoms with van der Waals surface area (Å²) in [6, 6.07) is 6.71. The number of H-pyrrole nitrogens is 1. The predicted molar refractivity (Wildman–Crippen MR) is 76.4 cm³/mol. The Kier molecular flexibility index (Phi) is 3.22. The predicted octanol–water partition coefficient (Wildman–Crippen LogP) is 3.57. The molecule has 2 aromatic rings. The monoisotopic (exact) mass is 305 g/mol. The molecule has 0 saturated carbocycles. The minimum absolute atomic E-state index is 0.395. The normalized spacial score (nSPS) is 19.3. The number of aromatic nitrogens is 2. The summed E-state index contributed by atoms with van der Waals surface area (Å²) in [5, 5.41) is 3.46. The molecule has 1 aromatic heterocycles. The van der Waals surface area contributed by atoms with Crippen molar-refractivity contribution in [2.75, 3.05) is 6.54 Å². The van der Waals surface area contributed by atoms with Crippen LogP contribution in [0, 0.1) is 6.92 Å². The Balaban J connectivity index is 1.94. The molecule has 1 unspecified atom stereocenters. The number of hydrogen-bond donors (Lipinski definition) is 2. The highest BCUT2D eigenvalue weighted by Crippen LogP contribution is 2.28. The van der Waals surface area contributed by atoms with E-state index in [1.165, 1.54) is 24.0 Å². The minimum Gasteiger partial charge on any atom is -0.341 e. The van der Waals surface area contributed by atoms with Crippen LogP contribution in [0.4, 0.5) is 0 Å². The lowest BCUT2D eigenvalue weighted by molar-refractivity contribution is 0.613. The van der Waals surface area contributed by atoms with Gasteiger partial charge in [0.2, 0.25) is 0 Å². The average Bonchev–Trinajstić information content (AvgIpc) is 3.00. The smallest absolute Gasteiger partial charge is 0.123 e. The molecule has 3 nitrogen and oxygen atoms in total. The first-order chi connectivity index (χ1) is 8.74. The summed E-state index contributed by atoms with van der Waals surface area (Å²) >= 11 is 3.52. The third kappa shape index (κ3) is 2.22. The van der Waals surface area contributed by atoms with Gasteiger partial charge < -0.3 is 10.3 Å². The molecule has 0 amide bonds. The van der Waals surface area contributed by atoms with Crippen molar-refractivity contribution in [3.05, 3.63) is 40.3 Å². The fourth-order valence-electron chi connectivity index (χ4n) is 2.45. The Labute approximate surface area is 115 Å². The van der Waals surface area contributed by atoms with E-state index >= 15 is 0 Å². The molecule has 0 spiro atoms. The Morgan fingerprint density at radius 3 is 3.06 bits per heavy atom. The third-order valence-corrected chi connectivity index (χ3v) is 3.97. The third-order valence-electron chi connectivity index (χ3n) is 3.48. The van der Waals surface area contributed by atoms with Crippen LogP contribution >= 0.6 is 15.9 Å². The lowest BCUT2D eigenvalue weighted by atomic mass is 10.1.